The van der Waals surface area contributed by atoms with Crippen molar-refractivity contribution in [2.45, 2.75) is 37.0 Å². The first-order valence-corrected chi connectivity index (χ1v) is 12.4. The SMILES string of the molecule is CC(C)(C#CC(=O)OC(C(F)(F)F)C(F)(F)S(=O)(=O)O)OC(=O)c1cc(I)cc(I)c1I. The maximum Gasteiger partial charge on any atom is 0.432 e. The number of carbonyl (C=O) groups excluding carboxylic acids is 2. The van der Waals surface area contributed by atoms with Crippen LogP contribution in [0.1, 0.15) is 24.2 Å². The molecule has 0 aliphatic carbocycles. The van der Waals surface area contributed by atoms with Gasteiger partial charge in [0.1, 0.15) is 0 Å². The second kappa shape index (κ2) is 10.4. The zero-order valence-corrected chi connectivity index (χ0v) is 22.8. The maximum atomic E-state index is 13.4. The Labute approximate surface area is 219 Å². The lowest BCUT2D eigenvalue weighted by atomic mass is 10.1. The Kier molecular flexibility index (Phi) is 9.58. The first-order chi connectivity index (χ1) is 14.2. The van der Waals surface area contributed by atoms with Gasteiger partial charge in [0.15, 0.2) is 5.60 Å². The molecule has 0 saturated carbocycles. The Morgan fingerprint density at radius 3 is 2.09 bits per heavy atom. The molecule has 1 N–H and O–H groups in total. The van der Waals surface area contributed by atoms with Crippen molar-refractivity contribution in [2.75, 3.05) is 0 Å². The van der Waals surface area contributed by atoms with E-state index < -0.39 is 45.2 Å². The van der Waals surface area contributed by atoms with Gasteiger partial charge in [-0.2, -0.15) is 30.4 Å². The Bertz CT molecular complexity index is 1090. The number of alkyl halides is 5. The van der Waals surface area contributed by atoms with Crippen LogP contribution in [0.2, 0.25) is 0 Å². The van der Waals surface area contributed by atoms with Crippen LogP contribution in [-0.4, -0.2) is 48.0 Å². The number of halogens is 8. The highest BCUT2D eigenvalue weighted by atomic mass is 127. The fraction of sp³-hybridized carbons (Fsp3) is 0.375. The Balaban J connectivity index is 3.10. The van der Waals surface area contributed by atoms with E-state index in [0.29, 0.717) is 7.14 Å². The number of hydrogen-bond donors (Lipinski definition) is 1. The molecule has 7 nitrogen and oxygen atoms in total. The van der Waals surface area contributed by atoms with Crippen molar-refractivity contribution in [3.8, 4) is 11.8 Å². The molecular weight excluding hydrogens is 812 g/mol. The third-order valence-corrected chi connectivity index (χ3v) is 7.77. The summed E-state index contributed by atoms with van der Waals surface area (Å²) in [6.45, 7) is 2.32. The Morgan fingerprint density at radius 1 is 1.09 bits per heavy atom. The number of carbonyl (C=O) groups is 2. The van der Waals surface area contributed by atoms with E-state index in [1.807, 2.05) is 73.7 Å². The molecule has 0 aromatic heterocycles. The van der Waals surface area contributed by atoms with Gasteiger partial charge in [-0.15, -0.1) is 0 Å². The highest BCUT2D eigenvalue weighted by Crippen LogP contribution is 2.38. The molecule has 1 aromatic carbocycles. The fourth-order valence-electron chi connectivity index (χ4n) is 1.82. The molecule has 0 bridgehead atoms. The molecule has 32 heavy (non-hydrogen) atoms. The Hall–Kier alpha value is -0.530. The summed E-state index contributed by atoms with van der Waals surface area (Å²) in [6.07, 6.45) is -10.6. The summed E-state index contributed by atoms with van der Waals surface area (Å²) in [5.74, 6) is 0.317. The van der Waals surface area contributed by atoms with Gasteiger partial charge in [-0.05, 0) is 99.7 Å². The van der Waals surface area contributed by atoms with Gasteiger partial charge < -0.3 is 9.47 Å². The maximum absolute atomic E-state index is 13.4. The van der Waals surface area contributed by atoms with Gasteiger partial charge in [-0.25, -0.2) is 9.59 Å². The standard InChI is InChI=1S/C16H10F5I3O7S/c1-14(2,31-12(26)8-5-7(22)6-9(23)11(8)24)4-3-10(25)30-13(15(17,18)19)16(20,21)32(27,28)29/h5-6,13H,1-2H3,(H,27,28,29). The lowest BCUT2D eigenvalue weighted by molar-refractivity contribution is -0.256. The molecule has 0 fully saturated rings. The van der Waals surface area contributed by atoms with Gasteiger partial charge in [0, 0.05) is 16.6 Å². The minimum Gasteiger partial charge on any atom is -0.443 e. The van der Waals surface area contributed by atoms with Gasteiger partial charge in [0.2, 0.25) is 0 Å². The predicted molar refractivity (Wildman–Crippen MR) is 124 cm³/mol. The van der Waals surface area contributed by atoms with Crippen molar-refractivity contribution < 1.29 is 54.0 Å². The van der Waals surface area contributed by atoms with Crippen molar-refractivity contribution in [2.24, 2.45) is 0 Å². The summed E-state index contributed by atoms with van der Waals surface area (Å²) in [5, 5.41) is -5.89. The number of esters is 2. The van der Waals surface area contributed by atoms with Crippen molar-refractivity contribution in [3.63, 3.8) is 0 Å². The van der Waals surface area contributed by atoms with Crippen LogP contribution < -0.4 is 0 Å². The molecule has 0 saturated heterocycles. The van der Waals surface area contributed by atoms with Crippen LogP contribution in [0.4, 0.5) is 22.0 Å². The molecule has 0 aliphatic rings. The number of hydrogen-bond acceptors (Lipinski definition) is 6. The van der Waals surface area contributed by atoms with Crippen LogP contribution in [0.15, 0.2) is 12.1 Å². The second-order valence-electron chi connectivity index (χ2n) is 6.26. The lowest BCUT2D eigenvalue weighted by Crippen LogP contribution is -2.52. The van der Waals surface area contributed by atoms with Crippen LogP contribution in [0, 0.1) is 22.6 Å². The molecule has 0 amide bonds. The van der Waals surface area contributed by atoms with Crippen molar-refractivity contribution in [1.82, 2.24) is 0 Å². The largest absolute Gasteiger partial charge is 0.443 e. The quantitative estimate of drug-likeness (QED) is 0.0894. The normalized spacial score (nSPS) is 13.6. The number of ether oxygens (including phenoxy) is 2. The Morgan fingerprint density at radius 2 is 1.62 bits per heavy atom. The average molecular weight is 822 g/mol. The molecule has 1 unspecified atom stereocenters. The summed E-state index contributed by atoms with van der Waals surface area (Å²) >= 11 is 5.82. The third kappa shape index (κ3) is 7.76. The van der Waals surface area contributed by atoms with Crippen LogP contribution in [0.25, 0.3) is 0 Å². The van der Waals surface area contributed by atoms with E-state index in [0.717, 1.165) is 17.4 Å². The minimum atomic E-state index is -6.58. The smallest absolute Gasteiger partial charge is 0.432 e. The molecule has 1 atom stereocenters. The van der Waals surface area contributed by atoms with Gasteiger partial charge >= 0.3 is 33.5 Å². The molecule has 0 heterocycles. The van der Waals surface area contributed by atoms with Crippen molar-refractivity contribution in [3.05, 3.63) is 28.4 Å². The third-order valence-electron chi connectivity index (χ3n) is 3.20. The highest BCUT2D eigenvalue weighted by Gasteiger charge is 2.66. The van der Waals surface area contributed by atoms with Crippen LogP contribution in [0.5, 0.6) is 0 Å². The molecule has 0 radical (unpaired) electrons. The number of benzene rings is 1. The summed E-state index contributed by atoms with van der Waals surface area (Å²) in [6, 6.07) is 3.27. The van der Waals surface area contributed by atoms with Gasteiger partial charge in [0.25, 0.3) is 6.10 Å². The monoisotopic (exact) mass is 822 g/mol. The molecule has 1 rings (SSSR count). The van der Waals surface area contributed by atoms with E-state index in [1.165, 1.54) is 12.0 Å². The summed E-state index contributed by atoms with van der Waals surface area (Å²) < 4.78 is 105. The minimum absolute atomic E-state index is 0.143. The molecule has 178 valence electrons. The van der Waals surface area contributed by atoms with Crippen LogP contribution >= 0.6 is 67.8 Å². The van der Waals surface area contributed by atoms with Crippen molar-refractivity contribution in [1.29, 1.82) is 0 Å². The first-order valence-electron chi connectivity index (χ1n) is 7.72. The van der Waals surface area contributed by atoms with E-state index in [9.17, 15) is 40.0 Å². The summed E-state index contributed by atoms with van der Waals surface area (Å²) in [5.41, 5.74) is -1.64. The van der Waals surface area contributed by atoms with Gasteiger partial charge in [-0.1, -0.05) is 0 Å². The molecule has 0 aliphatic heterocycles. The zero-order chi connectivity index (χ0) is 25.3. The number of rotatable bonds is 5. The fourth-order valence-corrected chi connectivity index (χ4v) is 4.64. The average Bonchev–Trinajstić information content (AvgIpc) is 2.58. The summed E-state index contributed by atoms with van der Waals surface area (Å²) in [7, 11) is -6.58. The van der Waals surface area contributed by atoms with Gasteiger partial charge in [-0.3, -0.25) is 4.55 Å². The molecule has 1 aromatic rings. The van der Waals surface area contributed by atoms with E-state index in [4.69, 9.17) is 9.29 Å². The van der Waals surface area contributed by atoms with Crippen LogP contribution in [0.3, 0.4) is 0 Å². The molecule has 16 heteroatoms. The van der Waals surface area contributed by atoms with E-state index >= 15 is 0 Å². The van der Waals surface area contributed by atoms with Crippen molar-refractivity contribution >= 4 is 89.8 Å². The van der Waals surface area contributed by atoms with E-state index in [2.05, 4.69) is 4.74 Å². The predicted octanol–water partition coefficient (Wildman–Crippen LogP) is 4.39. The van der Waals surface area contributed by atoms with E-state index in [1.54, 1.807) is 6.07 Å². The lowest BCUT2D eigenvalue weighted by Gasteiger charge is -2.25. The van der Waals surface area contributed by atoms with Gasteiger partial charge in [0.05, 0.1) is 5.56 Å². The second-order valence-corrected chi connectivity index (χ2v) is 11.2. The highest BCUT2D eigenvalue weighted by molar-refractivity contribution is 14.1. The van der Waals surface area contributed by atoms with E-state index in [-0.39, 0.29) is 5.56 Å². The van der Waals surface area contributed by atoms with Crippen LogP contribution in [-0.2, 0) is 24.4 Å². The zero-order valence-electron chi connectivity index (χ0n) is 15.6. The topological polar surface area (TPSA) is 107 Å². The summed E-state index contributed by atoms with van der Waals surface area (Å²) in [4.78, 5) is 24.0. The first kappa shape index (κ1) is 29.5. The molecule has 0 spiro atoms. The molecular formula is C16H10F5I3O7S.